The summed E-state index contributed by atoms with van der Waals surface area (Å²) in [7, 11) is -2.24. The largest absolute Gasteiger partial charge is 0.480 e. The number of aliphatic carboxylic acids is 1. The van der Waals surface area contributed by atoms with Crippen LogP contribution in [0.3, 0.4) is 0 Å². The molecule has 0 saturated carbocycles. The highest BCUT2D eigenvalue weighted by molar-refractivity contribution is 7.89. The Morgan fingerprint density at radius 1 is 1.38 bits per heavy atom. The minimum atomic E-state index is -3.64. The SMILES string of the molecule is COC(C)CS(=O)(=O)N[C@H](C(=O)O)C(C)C. The molecule has 0 radical (unpaired) electrons. The van der Waals surface area contributed by atoms with Gasteiger partial charge in [-0.15, -0.1) is 0 Å². The van der Waals surface area contributed by atoms with Crippen LogP contribution < -0.4 is 4.72 Å². The third-order valence-electron chi connectivity index (χ3n) is 2.10. The standard InChI is InChI=1S/C9H19NO5S/c1-6(2)8(9(11)12)10-16(13,14)5-7(3)15-4/h6-8,10H,5H2,1-4H3,(H,11,12)/t7?,8-/m0/s1. The van der Waals surface area contributed by atoms with Crippen molar-refractivity contribution < 1.29 is 23.1 Å². The zero-order valence-corrected chi connectivity index (χ0v) is 10.7. The first-order valence-corrected chi connectivity index (χ1v) is 6.60. The van der Waals surface area contributed by atoms with Crippen molar-refractivity contribution in [1.29, 1.82) is 0 Å². The summed E-state index contributed by atoms with van der Waals surface area (Å²) in [5.74, 6) is -1.74. The number of carboxylic acids is 1. The molecule has 0 aliphatic carbocycles. The number of hydrogen-bond acceptors (Lipinski definition) is 4. The quantitative estimate of drug-likeness (QED) is 0.668. The van der Waals surface area contributed by atoms with Gasteiger partial charge in [0.2, 0.25) is 10.0 Å². The van der Waals surface area contributed by atoms with Crippen molar-refractivity contribution in [3.05, 3.63) is 0 Å². The Morgan fingerprint density at radius 2 is 1.88 bits per heavy atom. The molecule has 0 aromatic heterocycles. The molecular weight excluding hydrogens is 234 g/mol. The van der Waals surface area contributed by atoms with Crippen LogP contribution in [0.1, 0.15) is 20.8 Å². The predicted octanol–water partition coefficient (Wildman–Crippen LogP) is 0.0499. The maximum absolute atomic E-state index is 11.6. The fourth-order valence-electron chi connectivity index (χ4n) is 1.09. The molecule has 7 heteroatoms. The first-order chi connectivity index (χ1) is 7.19. The molecule has 0 heterocycles. The van der Waals surface area contributed by atoms with E-state index in [1.165, 1.54) is 7.11 Å². The predicted molar refractivity (Wildman–Crippen MR) is 59.7 cm³/mol. The smallest absolute Gasteiger partial charge is 0.321 e. The number of methoxy groups -OCH3 is 1. The normalized spacial score (nSPS) is 16.1. The second-order valence-corrected chi connectivity index (χ2v) is 5.80. The van der Waals surface area contributed by atoms with E-state index < -0.39 is 28.1 Å². The molecule has 0 amide bonds. The second kappa shape index (κ2) is 6.17. The van der Waals surface area contributed by atoms with E-state index in [0.29, 0.717) is 0 Å². The zero-order chi connectivity index (χ0) is 12.9. The molecule has 0 aliphatic rings. The van der Waals surface area contributed by atoms with E-state index in [4.69, 9.17) is 9.84 Å². The number of hydrogen-bond donors (Lipinski definition) is 2. The zero-order valence-electron chi connectivity index (χ0n) is 9.93. The van der Waals surface area contributed by atoms with Gasteiger partial charge in [-0.2, -0.15) is 0 Å². The summed E-state index contributed by atoms with van der Waals surface area (Å²) in [5, 5.41) is 8.84. The van der Waals surface area contributed by atoms with Gasteiger partial charge in [0.1, 0.15) is 6.04 Å². The molecule has 0 saturated heterocycles. The number of carbonyl (C=O) groups is 1. The van der Waals surface area contributed by atoms with Crippen LogP contribution in [0.25, 0.3) is 0 Å². The Kier molecular flexibility index (Phi) is 5.91. The maximum atomic E-state index is 11.6. The lowest BCUT2D eigenvalue weighted by Gasteiger charge is -2.19. The van der Waals surface area contributed by atoms with Crippen molar-refractivity contribution >= 4 is 16.0 Å². The highest BCUT2D eigenvalue weighted by Gasteiger charge is 2.27. The highest BCUT2D eigenvalue weighted by atomic mass is 32.2. The van der Waals surface area contributed by atoms with Gasteiger partial charge in [-0.05, 0) is 12.8 Å². The Balaban J connectivity index is 4.61. The van der Waals surface area contributed by atoms with E-state index in [1.807, 2.05) is 0 Å². The molecule has 0 bridgehead atoms. The van der Waals surface area contributed by atoms with E-state index in [0.717, 1.165) is 0 Å². The summed E-state index contributed by atoms with van der Waals surface area (Å²) >= 11 is 0. The summed E-state index contributed by atoms with van der Waals surface area (Å²) in [5.41, 5.74) is 0. The number of nitrogens with one attached hydrogen (secondary N) is 1. The third kappa shape index (κ3) is 5.43. The average Bonchev–Trinajstić information content (AvgIpc) is 2.12. The van der Waals surface area contributed by atoms with Gasteiger partial charge in [0.05, 0.1) is 11.9 Å². The van der Waals surface area contributed by atoms with Crippen molar-refractivity contribution in [2.24, 2.45) is 5.92 Å². The lowest BCUT2D eigenvalue weighted by molar-refractivity contribution is -0.140. The monoisotopic (exact) mass is 253 g/mol. The third-order valence-corrected chi connectivity index (χ3v) is 3.62. The van der Waals surface area contributed by atoms with Gasteiger partial charge in [0.15, 0.2) is 0 Å². The first kappa shape index (κ1) is 15.3. The Bertz CT molecular complexity index is 325. The summed E-state index contributed by atoms with van der Waals surface area (Å²) < 4.78 is 30.1. The van der Waals surface area contributed by atoms with Gasteiger partial charge in [-0.1, -0.05) is 13.8 Å². The molecule has 1 unspecified atom stereocenters. The summed E-state index contributed by atoms with van der Waals surface area (Å²) in [4.78, 5) is 10.8. The molecule has 6 nitrogen and oxygen atoms in total. The van der Waals surface area contributed by atoms with Gasteiger partial charge in [0, 0.05) is 7.11 Å². The number of carboxylic acid groups (broad SMARTS) is 1. The van der Waals surface area contributed by atoms with Crippen molar-refractivity contribution in [2.75, 3.05) is 12.9 Å². The molecule has 0 fully saturated rings. The summed E-state index contributed by atoms with van der Waals surface area (Å²) in [6.07, 6.45) is -0.473. The molecule has 2 atom stereocenters. The van der Waals surface area contributed by atoms with E-state index in [9.17, 15) is 13.2 Å². The van der Waals surface area contributed by atoms with E-state index in [2.05, 4.69) is 4.72 Å². The maximum Gasteiger partial charge on any atom is 0.321 e. The van der Waals surface area contributed by atoms with Crippen LogP contribution in [0.2, 0.25) is 0 Å². The highest BCUT2D eigenvalue weighted by Crippen LogP contribution is 2.05. The molecule has 0 aromatic rings. The number of sulfonamides is 1. The summed E-state index contributed by atoms with van der Waals surface area (Å²) in [6.45, 7) is 4.88. The van der Waals surface area contributed by atoms with Gasteiger partial charge in [-0.25, -0.2) is 13.1 Å². The Morgan fingerprint density at radius 3 is 2.19 bits per heavy atom. The van der Waals surface area contributed by atoms with Crippen LogP contribution in [0, 0.1) is 5.92 Å². The Labute approximate surface area is 96.0 Å². The van der Waals surface area contributed by atoms with E-state index in [1.54, 1.807) is 20.8 Å². The topological polar surface area (TPSA) is 92.7 Å². The van der Waals surface area contributed by atoms with E-state index >= 15 is 0 Å². The van der Waals surface area contributed by atoms with Crippen LogP contribution in [0.5, 0.6) is 0 Å². The molecular formula is C9H19NO5S. The first-order valence-electron chi connectivity index (χ1n) is 4.95. The van der Waals surface area contributed by atoms with Crippen molar-refractivity contribution in [3.8, 4) is 0 Å². The van der Waals surface area contributed by atoms with Crippen LogP contribution in [-0.4, -0.2) is 44.5 Å². The van der Waals surface area contributed by atoms with Crippen LogP contribution in [0.4, 0.5) is 0 Å². The van der Waals surface area contributed by atoms with Crippen LogP contribution >= 0.6 is 0 Å². The second-order valence-electron chi connectivity index (χ2n) is 4.01. The van der Waals surface area contributed by atoms with Crippen molar-refractivity contribution in [1.82, 2.24) is 4.72 Å². The molecule has 16 heavy (non-hydrogen) atoms. The van der Waals surface area contributed by atoms with Gasteiger partial charge < -0.3 is 9.84 Å². The fraction of sp³-hybridized carbons (Fsp3) is 0.889. The average molecular weight is 253 g/mol. The van der Waals surface area contributed by atoms with Crippen LogP contribution in [-0.2, 0) is 19.6 Å². The molecule has 0 aromatic carbocycles. The van der Waals surface area contributed by atoms with Gasteiger partial charge in [-0.3, -0.25) is 4.79 Å². The molecule has 0 rings (SSSR count). The molecule has 96 valence electrons. The number of ether oxygens (including phenoxy) is 1. The minimum absolute atomic E-state index is 0.250. The molecule has 0 aliphatic heterocycles. The molecule has 0 spiro atoms. The summed E-state index contributed by atoms with van der Waals surface area (Å²) in [6, 6.07) is -1.10. The Hall–Kier alpha value is -0.660. The fourth-order valence-corrected chi connectivity index (χ4v) is 2.70. The number of rotatable bonds is 7. The van der Waals surface area contributed by atoms with Gasteiger partial charge in [0.25, 0.3) is 0 Å². The minimum Gasteiger partial charge on any atom is -0.480 e. The van der Waals surface area contributed by atoms with Crippen molar-refractivity contribution in [3.63, 3.8) is 0 Å². The van der Waals surface area contributed by atoms with Crippen molar-refractivity contribution in [2.45, 2.75) is 32.9 Å². The lowest BCUT2D eigenvalue weighted by atomic mass is 10.1. The van der Waals surface area contributed by atoms with Crippen LogP contribution in [0.15, 0.2) is 0 Å². The lowest BCUT2D eigenvalue weighted by Crippen LogP contribution is -2.46. The molecule has 2 N–H and O–H groups in total. The van der Waals surface area contributed by atoms with Gasteiger partial charge >= 0.3 is 5.97 Å². The van der Waals surface area contributed by atoms with E-state index in [-0.39, 0.29) is 11.7 Å².